The highest BCUT2D eigenvalue weighted by molar-refractivity contribution is 5.82. The molecule has 0 aliphatic rings. The van der Waals surface area contributed by atoms with Gasteiger partial charge in [-0.05, 0) is 50.8 Å². The van der Waals surface area contributed by atoms with Gasteiger partial charge in [0.1, 0.15) is 5.54 Å². The van der Waals surface area contributed by atoms with Crippen LogP contribution in [0.3, 0.4) is 0 Å². The van der Waals surface area contributed by atoms with Crippen LogP contribution >= 0.6 is 0 Å². The van der Waals surface area contributed by atoms with Gasteiger partial charge in [0, 0.05) is 12.8 Å². The Morgan fingerprint density at radius 3 is 1.90 bits per heavy atom. The number of methoxy groups -OCH3 is 1. The Morgan fingerprint density at radius 1 is 0.872 bits per heavy atom. The number of rotatable bonds is 16. The molecule has 0 fully saturated rings. The van der Waals surface area contributed by atoms with Crippen molar-refractivity contribution < 1.29 is 38.1 Å². The molecule has 9 heteroatoms. The maximum absolute atomic E-state index is 12.7. The van der Waals surface area contributed by atoms with Gasteiger partial charge >= 0.3 is 23.9 Å². The van der Waals surface area contributed by atoms with E-state index in [1.165, 1.54) is 13.2 Å². The maximum atomic E-state index is 12.7. The summed E-state index contributed by atoms with van der Waals surface area (Å²) in [6, 6.07) is 4.72. The molecule has 220 valence electrons. The van der Waals surface area contributed by atoms with Gasteiger partial charge in [-0.25, -0.2) is 0 Å². The summed E-state index contributed by atoms with van der Waals surface area (Å²) in [5.41, 5.74) is 4.86. The summed E-state index contributed by atoms with van der Waals surface area (Å²) in [7, 11) is 1.23. The lowest BCUT2D eigenvalue weighted by molar-refractivity contribution is -0.157. The summed E-state index contributed by atoms with van der Waals surface area (Å²) < 4.78 is 21.6. The summed E-state index contributed by atoms with van der Waals surface area (Å²) in [6.45, 7) is 12.9. The van der Waals surface area contributed by atoms with E-state index in [1.807, 2.05) is 20.8 Å². The number of ether oxygens (including phenoxy) is 4. The van der Waals surface area contributed by atoms with Gasteiger partial charge in [0.15, 0.2) is 11.5 Å². The van der Waals surface area contributed by atoms with E-state index in [0.29, 0.717) is 24.8 Å². The average Bonchev–Trinajstić information content (AvgIpc) is 2.89. The highest BCUT2D eigenvalue weighted by Gasteiger charge is 2.37. The molecule has 3 atom stereocenters. The molecule has 0 aliphatic heterocycles. The van der Waals surface area contributed by atoms with Gasteiger partial charge < -0.3 is 24.7 Å². The Kier molecular flexibility index (Phi) is 13.6. The SMILES string of the molecule is CCCC(C)C(=O)Oc1ccc(C[C@](N)(CCOC(=O)C(C)(C)CC)C(=O)OC)cc1OC(=O)C(C)CCC. The molecule has 0 radical (unpaired) electrons. The highest BCUT2D eigenvalue weighted by atomic mass is 16.6. The van der Waals surface area contributed by atoms with Crippen molar-refractivity contribution in [3.63, 3.8) is 0 Å². The molecule has 2 unspecified atom stereocenters. The fourth-order valence-corrected chi connectivity index (χ4v) is 3.84. The quantitative estimate of drug-likeness (QED) is 0.220. The lowest BCUT2D eigenvalue weighted by atomic mass is 9.88. The van der Waals surface area contributed by atoms with Crippen LogP contribution < -0.4 is 15.2 Å². The van der Waals surface area contributed by atoms with Gasteiger partial charge in [0.25, 0.3) is 0 Å². The molecule has 0 aromatic heterocycles. The van der Waals surface area contributed by atoms with Crippen molar-refractivity contribution in [3.8, 4) is 11.5 Å². The summed E-state index contributed by atoms with van der Waals surface area (Å²) in [5, 5.41) is 0. The zero-order chi connectivity index (χ0) is 29.8. The Bertz CT molecular complexity index is 989. The molecule has 0 spiro atoms. The molecule has 1 rings (SSSR count). The van der Waals surface area contributed by atoms with Crippen molar-refractivity contribution in [2.45, 2.75) is 99.0 Å². The molecular formula is C30H47NO8. The standard InChI is InChI=1S/C30H47NO8/c1-9-12-20(4)25(32)38-23-15-14-22(18-24(23)39-26(33)21(5)13-10-2)19-30(31,28(35)36-8)16-17-37-27(34)29(6,7)11-3/h14-15,18,20-21H,9-13,16-17,19,31H2,1-8H3/t20?,21?,30-/m1/s1. The Balaban J connectivity index is 3.26. The summed E-state index contributed by atoms with van der Waals surface area (Å²) in [6.07, 6.45) is 3.55. The first-order valence-electron chi connectivity index (χ1n) is 13.8. The Morgan fingerprint density at radius 2 is 1.41 bits per heavy atom. The molecule has 1 aromatic rings. The first-order valence-corrected chi connectivity index (χ1v) is 13.8. The predicted octanol–water partition coefficient (Wildman–Crippen LogP) is 5.15. The number of nitrogens with two attached hydrogens (primary N) is 1. The van der Waals surface area contributed by atoms with E-state index in [4.69, 9.17) is 24.7 Å². The third-order valence-electron chi connectivity index (χ3n) is 7.01. The second-order valence-electron chi connectivity index (χ2n) is 11.0. The number of carbonyl (C=O) groups excluding carboxylic acids is 4. The highest BCUT2D eigenvalue weighted by Crippen LogP contribution is 2.32. The third kappa shape index (κ3) is 10.3. The number of esters is 4. The lowest BCUT2D eigenvalue weighted by Crippen LogP contribution is -2.51. The van der Waals surface area contributed by atoms with Gasteiger partial charge in [-0.15, -0.1) is 0 Å². The van der Waals surface area contributed by atoms with Gasteiger partial charge in [-0.1, -0.05) is 53.5 Å². The van der Waals surface area contributed by atoms with Crippen molar-refractivity contribution in [1.29, 1.82) is 0 Å². The fraction of sp³-hybridized carbons (Fsp3) is 0.667. The number of benzene rings is 1. The van der Waals surface area contributed by atoms with E-state index in [0.717, 1.165) is 12.8 Å². The van der Waals surface area contributed by atoms with Crippen LogP contribution in [0.2, 0.25) is 0 Å². The zero-order valence-corrected chi connectivity index (χ0v) is 24.9. The molecule has 0 bridgehead atoms. The number of hydrogen-bond acceptors (Lipinski definition) is 9. The maximum Gasteiger partial charge on any atom is 0.326 e. The van der Waals surface area contributed by atoms with Crippen LogP contribution in [-0.2, 0) is 35.1 Å². The molecular weight excluding hydrogens is 502 g/mol. The molecule has 2 N–H and O–H groups in total. The molecule has 0 aliphatic carbocycles. The lowest BCUT2D eigenvalue weighted by Gasteiger charge is -2.28. The minimum atomic E-state index is -1.52. The predicted molar refractivity (Wildman–Crippen MR) is 148 cm³/mol. The van der Waals surface area contributed by atoms with Crippen LogP contribution in [0.5, 0.6) is 11.5 Å². The van der Waals surface area contributed by atoms with E-state index >= 15 is 0 Å². The molecule has 39 heavy (non-hydrogen) atoms. The Hall–Kier alpha value is -2.94. The molecule has 0 heterocycles. The van der Waals surface area contributed by atoms with E-state index in [1.54, 1.807) is 39.8 Å². The third-order valence-corrected chi connectivity index (χ3v) is 7.01. The van der Waals surface area contributed by atoms with Gasteiger partial charge in [0.05, 0.1) is 31.0 Å². The van der Waals surface area contributed by atoms with Gasteiger partial charge in [-0.2, -0.15) is 0 Å². The smallest absolute Gasteiger partial charge is 0.326 e. The van der Waals surface area contributed by atoms with Crippen molar-refractivity contribution in [2.75, 3.05) is 13.7 Å². The number of hydrogen-bond donors (Lipinski definition) is 1. The minimum absolute atomic E-state index is 0.00389. The van der Waals surface area contributed by atoms with E-state index in [9.17, 15) is 19.2 Å². The largest absolute Gasteiger partial charge is 0.468 e. The monoisotopic (exact) mass is 549 g/mol. The molecule has 1 aromatic carbocycles. The topological polar surface area (TPSA) is 131 Å². The molecule has 0 amide bonds. The van der Waals surface area contributed by atoms with Gasteiger partial charge in [-0.3, -0.25) is 19.2 Å². The van der Waals surface area contributed by atoms with Crippen molar-refractivity contribution in [2.24, 2.45) is 23.0 Å². The second-order valence-corrected chi connectivity index (χ2v) is 11.0. The first kappa shape index (κ1) is 34.1. The summed E-state index contributed by atoms with van der Waals surface area (Å²) >= 11 is 0. The first-order chi connectivity index (χ1) is 18.2. The normalized spacial score (nSPS) is 14.5. The van der Waals surface area contributed by atoms with E-state index in [-0.39, 0.29) is 48.8 Å². The number of carbonyl (C=O) groups is 4. The average molecular weight is 550 g/mol. The van der Waals surface area contributed by atoms with Crippen LogP contribution in [0.4, 0.5) is 0 Å². The van der Waals surface area contributed by atoms with Crippen molar-refractivity contribution >= 4 is 23.9 Å². The summed E-state index contributed by atoms with van der Waals surface area (Å²) in [4.78, 5) is 50.4. The van der Waals surface area contributed by atoms with Crippen molar-refractivity contribution in [1.82, 2.24) is 0 Å². The van der Waals surface area contributed by atoms with E-state index in [2.05, 4.69) is 0 Å². The summed E-state index contributed by atoms with van der Waals surface area (Å²) in [5.74, 6) is -2.43. The fourth-order valence-electron chi connectivity index (χ4n) is 3.84. The van der Waals surface area contributed by atoms with Crippen LogP contribution in [0.25, 0.3) is 0 Å². The second kappa shape index (κ2) is 15.6. The van der Waals surface area contributed by atoms with Crippen LogP contribution in [-0.4, -0.2) is 43.1 Å². The Labute approximate surface area is 233 Å². The zero-order valence-electron chi connectivity index (χ0n) is 24.9. The van der Waals surface area contributed by atoms with Crippen molar-refractivity contribution in [3.05, 3.63) is 23.8 Å². The molecule has 9 nitrogen and oxygen atoms in total. The van der Waals surface area contributed by atoms with Gasteiger partial charge in [0.2, 0.25) is 0 Å². The molecule has 0 saturated carbocycles. The van der Waals surface area contributed by atoms with E-state index < -0.39 is 28.9 Å². The van der Waals surface area contributed by atoms with Crippen LogP contribution in [0.15, 0.2) is 18.2 Å². The molecule has 0 saturated heterocycles. The van der Waals surface area contributed by atoms with Crippen LogP contribution in [0, 0.1) is 17.3 Å². The van der Waals surface area contributed by atoms with Crippen LogP contribution in [0.1, 0.15) is 92.6 Å². The minimum Gasteiger partial charge on any atom is -0.468 e.